The van der Waals surface area contributed by atoms with Crippen molar-refractivity contribution < 1.29 is 14.3 Å². The van der Waals surface area contributed by atoms with Gasteiger partial charge >= 0.3 is 0 Å². The molecule has 1 N–H and O–H groups in total. The van der Waals surface area contributed by atoms with E-state index in [1.54, 1.807) is 26.4 Å². The Labute approximate surface area is 154 Å². The van der Waals surface area contributed by atoms with E-state index in [1.165, 1.54) is 11.3 Å². The molecule has 1 heterocycles. The summed E-state index contributed by atoms with van der Waals surface area (Å²) in [5.74, 6) is 1.18. The zero-order valence-electron chi connectivity index (χ0n) is 13.8. The molecule has 0 bridgehead atoms. The van der Waals surface area contributed by atoms with Crippen molar-refractivity contribution in [3.63, 3.8) is 0 Å². The molecule has 0 saturated carbocycles. The van der Waals surface area contributed by atoms with Crippen LogP contribution in [0, 0.1) is 0 Å². The van der Waals surface area contributed by atoms with E-state index in [0.29, 0.717) is 34.5 Å². The van der Waals surface area contributed by atoms with Gasteiger partial charge in [-0.2, -0.15) is 0 Å². The van der Waals surface area contributed by atoms with Gasteiger partial charge in [-0.05, 0) is 42.3 Å². The van der Waals surface area contributed by atoms with Gasteiger partial charge in [0, 0.05) is 11.6 Å². The number of hydrogen-bond acceptors (Lipinski definition) is 5. The van der Waals surface area contributed by atoms with Crippen molar-refractivity contribution in [3.05, 3.63) is 52.0 Å². The standard InChI is InChI=1S/C18H17ClN2O3S/c1-23-14-5-3-11(9-15(14)24-2)7-8-20-17(22)18-21-13-10-12(19)4-6-16(13)25-18/h3-6,9-10H,7-8H2,1-2H3,(H,20,22). The molecule has 130 valence electrons. The third kappa shape index (κ3) is 4.03. The summed E-state index contributed by atoms with van der Waals surface area (Å²) < 4.78 is 11.4. The summed E-state index contributed by atoms with van der Waals surface area (Å²) in [5.41, 5.74) is 1.79. The summed E-state index contributed by atoms with van der Waals surface area (Å²) in [6.45, 7) is 0.505. The average molecular weight is 377 g/mol. The number of amides is 1. The highest BCUT2D eigenvalue weighted by Crippen LogP contribution is 2.28. The van der Waals surface area contributed by atoms with Crippen LogP contribution >= 0.6 is 22.9 Å². The second-order valence-corrected chi connectivity index (χ2v) is 6.79. The Morgan fingerprint density at radius 1 is 1.16 bits per heavy atom. The first-order valence-corrected chi connectivity index (χ1v) is 8.85. The van der Waals surface area contributed by atoms with E-state index in [9.17, 15) is 4.79 Å². The van der Waals surface area contributed by atoms with Crippen LogP contribution in [0.5, 0.6) is 11.5 Å². The quantitative estimate of drug-likeness (QED) is 0.707. The summed E-state index contributed by atoms with van der Waals surface area (Å²) in [6, 6.07) is 11.1. The van der Waals surface area contributed by atoms with Crippen molar-refractivity contribution in [2.75, 3.05) is 20.8 Å². The fourth-order valence-electron chi connectivity index (χ4n) is 2.43. The van der Waals surface area contributed by atoms with E-state index >= 15 is 0 Å². The largest absolute Gasteiger partial charge is 0.493 e. The summed E-state index contributed by atoms with van der Waals surface area (Å²) in [6.07, 6.45) is 0.683. The van der Waals surface area contributed by atoms with Crippen LogP contribution in [-0.4, -0.2) is 31.7 Å². The van der Waals surface area contributed by atoms with E-state index in [-0.39, 0.29) is 5.91 Å². The molecular formula is C18H17ClN2O3S. The second kappa shape index (κ2) is 7.72. The summed E-state index contributed by atoms with van der Waals surface area (Å²) in [4.78, 5) is 16.6. The molecule has 0 aliphatic rings. The molecule has 0 aliphatic heterocycles. The summed E-state index contributed by atoms with van der Waals surface area (Å²) >= 11 is 7.30. The van der Waals surface area contributed by atoms with E-state index < -0.39 is 0 Å². The van der Waals surface area contributed by atoms with Crippen molar-refractivity contribution in [2.45, 2.75) is 6.42 Å². The van der Waals surface area contributed by atoms with Crippen LogP contribution in [0.4, 0.5) is 0 Å². The van der Waals surface area contributed by atoms with Crippen LogP contribution < -0.4 is 14.8 Å². The number of nitrogens with zero attached hydrogens (tertiary/aromatic N) is 1. The van der Waals surface area contributed by atoms with Gasteiger partial charge in [-0.15, -0.1) is 11.3 Å². The Hall–Kier alpha value is -2.31. The van der Waals surface area contributed by atoms with Gasteiger partial charge in [0.1, 0.15) is 0 Å². The number of methoxy groups -OCH3 is 2. The molecule has 0 atom stereocenters. The monoisotopic (exact) mass is 376 g/mol. The van der Waals surface area contributed by atoms with Crippen LogP contribution in [0.2, 0.25) is 5.02 Å². The fraction of sp³-hybridized carbons (Fsp3) is 0.222. The Balaban J connectivity index is 1.62. The highest BCUT2D eigenvalue weighted by atomic mass is 35.5. The van der Waals surface area contributed by atoms with E-state index in [2.05, 4.69) is 10.3 Å². The van der Waals surface area contributed by atoms with E-state index in [0.717, 1.165) is 15.8 Å². The molecule has 3 aromatic rings. The topological polar surface area (TPSA) is 60.5 Å². The average Bonchev–Trinajstić information content (AvgIpc) is 3.04. The van der Waals surface area contributed by atoms with Gasteiger partial charge in [0.15, 0.2) is 16.5 Å². The lowest BCUT2D eigenvalue weighted by Crippen LogP contribution is -2.25. The molecule has 5 nitrogen and oxygen atoms in total. The highest BCUT2D eigenvalue weighted by molar-refractivity contribution is 7.20. The molecule has 1 amide bonds. The van der Waals surface area contributed by atoms with Crippen LogP contribution in [0.15, 0.2) is 36.4 Å². The number of carbonyl (C=O) groups is 1. The minimum Gasteiger partial charge on any atom is -0.493 e. The Morgan fingerprint density at radius 3 is 2.72 bits per heavy atom. The first kappa shape index (κ1) is 17.5. The summed E-state index contributed by atoms with van der Waals surface area (Å²) in [5, 5.41) is 3.94. The summed E-state index contributed by atoms with van der Waals surface area (Å²) in [7, 11) is 3.20. The third-order valence-corrected chi connectivity index (χ3v) is 4.96. The molecule has 0 radical (unpaired) electrons. The Bertz CT molecular complexity index is 910. The van der Waals surface area contributed by atoms with Gasteiger partial charge in [-0.25, -0.2) is 4.98 Å². The number of halogens is 1. The van der Waals surface area contributed by atoms with Crippen LogP contribution in [-0.2, 0) is 6.42 Å². The number of benzene rings is 2. The second-order valence-electron chi connectivity index (χ2n) is 5.33. The lowest BCUT2D eigenvalue weighted by atomic mass is 10.1. The third-order valence-electron chi connectivity index (χ3n) is 3.69. The number of fused-ring (bicyclic) bond motifs is 1. The normalized spacial score (nSPS) is 10.7. The molecule has 0 unspecified atom stereocenters. The van der Waals surface area contributed by atoms with Gasteiger partial charge in [0.25, 0.3) is 5.91 Å². The first-order valence-electron chi connectivity index (χ1n) is 7.66. The zero-order valence-corrected chi connectivity index (χ0v) is 15.4. The molecule has 1 aromatic heterocycles. The predicted molar refractivity (Wildman–Crippen MR) is 100 cm³/mol. The van der Waals surface area contributed by atoms with Gasteiger partial charge in [-0.1, -0.05) is 17.7 Å². The maximum Gasteiger partial charge on any atom is 0.280 e. The van der Waals surface area contributed by atoms with Gasteiger partial charge in [-0.3, -0.25) is 4.79 Å². The molecule has 3 rings (SSSR count). The van der Waals surface area contributed by atoms with Crippen LogP contribution in [0.1, 0.15) is 15.4 Å². The molecule has 0 spiro atoms. The lowest BCUT2D eigenvalue weighted by Gasteiger charge is -2.09. The smallest absolute Gasteiger partial charge is 0.280 e. The number of nitrogens with one attached hydrogen (secondary N) is 1. The van der Waals surface area contributed by atoms with Gasteiger partial charge in [0.05, 0.1) is 24.4 Å². The molecule has 2 aromatic carbocycles. The van der Waals surface area contributed by atoms with Crippen molar-refractivity contribution in [2.24, 2.45) is 0 Å². The number of hydrogen-bond donors (Lipinski definition) is 1. The van der Waals surface area contributed by atoms with E-state index in [1.807, 2.05) is 24.3 Å². The maximum absolute atomic E-state index is 12.3. The predicted octanol–water partition coefficient (Wildman–Crippen LogP) is 3.94. The lowest BCUT2D eigenvalue weighted by molar-refractivity contribution is 0.0954. The minimum atomic E-state index is -0.183. The van der Waals surface area contributed by atoms with Gasteiger partial charge < -0.3 is 14.8 Å². The number of carbonyl (C=O) groups excluding carboxylic acids is 1. The van der Waals surface area contributed by atoms with Crippen LogP contribution in [0.3, 0.4) is 0 Å². The van der Waals surface area contributed by atoms with Crippen molar-refractivity contribution in [3.8, 4) is 11.5 Å². The minimum absolute atomic E-state index is 0.183. The SMILES string of the molecule is COc1ccc(CCNC(=O)c2nc3cc(Cl)ccc3s2)cc1OC. The number of thiazole rings is 1. The van der Waals surface area contributed by atoms with Crippen LogP contribution in [0.25, 0.3) is 10.2 Å². The van der Waals surface area contributed by atoms with Crippen molar-refractivity contribution in [1.29, 1.82) is 0 Å². The maximum atomic E-state index is 12.3. The molecule has 0 fully saturated rings. The number of aromatic nitrogens is 1. The van der Waals surface area contributed by atoms with Gasteiger partial charge in [0.2, 0.25) is 0 Å². The molecular weight excluding hydrogens is 360 g/mol. The molecule has 7 heteroatoms. The fourth-order valence-corrected chi connectivity index (χ4v) is 3.46. The number of ether oxygens (including phenoxy) is 2. The first-order chi connectivity index (χ1) is 12.1. The number of rotatable bonds is 6. The molecule has 0 saturated heterocycles. The van der Waals surface area contributed by atoms with Crippen molar-refractivity contribution in [1.82, 2.24) is 10.3 Å². The zero-order chi connectivity index (χ0) is 17.8. The van der Waals surface area contributed by atoms with E-state index in [4.69, 9.17) is 21.1 Å². The van der Waals surface area contributed by atoms with Crippen molar-refractivity contribution >= 4 is 39.1 Å². The molecule has 0 aliphatic carbocycles. The highest BCUT2D eigenvalue weighted by Gasteiger charge is 2.12. The Kier molecular flexibility index (Phi) is 5.40. The Morgan fingerprint density at radius 2 is 1.96 bits per heavy atom. The molecule has 25 heavy (non-hydrogen) atoms.